The molecule has 2 amide bonds. The highest BCUT2D eigenvalue weighted by Gasteiger charge is 2.26. The van der Waals surface area contributed by atoms with Gasteiger partial charge >= 0.3 is 6.03 Å². The topological polar surface area (TPSA) is 61.8 Å². The number of carbonyl (C=O) groups is 1. The van der Waals surface area contributed by atoms with Gasteiger partial charge in [0, 0.05) is 31.3 Å². The molecule has 2 unspecified atom stereocenters. The van der Waals surface area contributed by atoms with Gasteiger partial charge in [-0.15, -0.1) is 0 Å². The minimum Gasteiger partial charge on any atom is -0.393 e. The van der Waals surface area contributed by atoms with Crippen LogP contribution in [0.15, 0.2) is 24.3 Å². The Kier molecular flexibility index (Phi) is 6.21. The molecule has 1 aromatic carbocycles. The van der Waals surface area contributed by atoms with Crippen LogP contribution in [0.4, 0.5) is 10.5 Å². The van der Waals surface area contributed by atoms with Crippen LogP contribution < -0.4 is 5.32 Å². The lowest BCUT2D eigenvalue weighted by atomic mass is 9.94. The number of amides is 2. The smallest absolute Gasteiger partial charge is 0.321 e. The first-order valence-corrected chi connectivity index (χ1v) is 8.00. The molecular formula is C17H26N2O3. The standard InChI is InChI=1S/C17H26N2O3/c1-3-22-12-14-6-8-16(9-7-14)18-17(21)19-10-4-5-15(11-19)13(2)20/h6-9,13,15,20H,3-5,10-12H2,1-2H3,(H,18,21). The zero-order valence-corrected chi connectivity index (χ0v) is 13.4. The average molecular weight is 306 g/mol. The van der Waals surface area contributed by atoms with E-state index in [0.29, 0.717) is 19.8 Å². The molecule has 0 spiro atoms. The number of anilines is 1. The highest BCUT2D eigenvalue weighted by atomic mass is 16.5. The maximum absolute atomic E-state index is 12.3. The lowest BCUT2D eigenvalue weighted by molar-refractivity contribution is 0.0766. The average Bonchev–Trinajstić information content (AvgIpc) is 2.54. The summed E-state index contributed by atoms with van der Waals surface area (Å²) in [7, 11) is 0. The van der Waals surface area contributed by atoms with Crippen LogP contribution in [0, 0.1) is 5.92 Å². The van der Waals surface area contributed by atoms with Crippen molar-refractivity contribution in [2.45, 2.75) is 39.4 Å². The van der Waals surface area contributed by atoms with Gasteiger partial charge in [-0.05, 0) is 44.4 Å². The molecule has 0 aliphatic carbocycles. The number of hydrogen-bond acceptors (Lipinski definition) is 3. The third-order valence-corrected chi connectivity index (χ3v) is 4.11. The van der Waals surface area contributed by atoms with E-state index in [1.807, 2.05) is 31.2 Å². The lowest BCUT2D eigenvalue weighted by Crippen LogP contribution is -2.44. The van der Waals surface area contributed by atoms with Crippen molar-refractivity contribution in [3.05, 3.63) is 29.8 Å². The van der Waals surface area contributed by atoms with Crippen molar-refractivity contribution < 1.29 is 14.6 Å². The summed E-state index contributed by atoms with van der Waals surface area (Å²) >= 11 is 0. The molecule has 2 N–H and O–H groups in total. The lowest BCUT2D eigenvalue weighted by Gasteiger charge is -2.34. The van der Waals surface area contributed by atoms with E-state index in [0.717, 1.165) is 30.6 Å². The number of nitrogens with one attached hydrogen (secondary N) is 1. The minimum atomic E-state index is -0.367. The zero-order chi connectivity index (χ0) is 15.9. The monoisotopic (exact) mass is 306 g/mol. The molecule has 2 rings (SSSR count). The van der Waals surface area contributed by atoms with Crippen LogP contribution in [0.5, 0.6) is 0 Å². The molecule has 0 bridgehead atoms. The molecule has 5 heteroatoms. The summed E-state index contributed by atoms with van der Waals surface area (Å²) in [5, 5.41) is 12.6. The number of nitrogens with zero attached hydrogens (tertiary/aromatic N) is 1. The molecule has 0 saturated carbocycles. The highest BCUT2D eigenvalue weighted by molar-refractivity contribution is 5.89. The second kappa shape index (κ2) is 8.15. The quantitative estimate of drug-likeness (QED) is 0.879. The van der Waals surface area contributed by atoms with Gasteiger partial charge in [-0.3, -0.25) is 0 Å². The molecule has 1 fully saturated rings. The number of hydrogen-bond donors (Lipinski definition) is 2. The number of rotatable bonds is 5. The Bertz CT molecular complexity index is 473. The third kappa shape index (κ3) is 4.71. The van der Waals surface area contributed by atoms with Gasteiger partial charge in [-0.2, -0.15) is 0 Å². The van der Waals surface area contributed by atoms with Crippen molar-refractivity contribution in [2.75, 3.05) is 25.0 Å². The summed E-state index contributed by atoms with van der Waals surface area (Å²) in [6.45, 7) is 6.41. The van der Waals surface area contributed by atoms with Gasteiger partial charge in [-0.1, -0.05) is 12.1 Å². The fourth-order valence-corrected chi connectivity index (χ4v) is 2.69. The van der Waals surface area contributed by atoms with Crippen molar-refractivity contribution >= 4 is 11.7 Å². The van der Waals surface area contributed by atoms with E-state index in [1.54, 1.807) is 11.8 Å². The number of piperidine rings is 1. The number of likely N-dealkylation sites (tertiary alicyclic amines) is 1. The van der Waals surface area contributed by atoms with Crippen LogP contribution >= 0.6 is 0 Å². The first-order valence-electron chi connectivity index (χ1n) is 8.00. The fraction of sp³-hybridized carbons (Fsp3) is 0.588. The van der Waals surface area contributed by atoms with Gasteiger partial charge in [0.2, 0.25) is 0 Å². The number of carbonyl (C=O) groups excluding carboxylic acids is 1. The Morgan fingerprint density at radius 3 is 2.82 bits per heavy atom. The van der Waals surface area contributed by atoms with Crippen molar-refractivity contribution in [3.63, 3.8) is 0 Å². The van der Waals surface area contributed by atoms with Crippen molar-refractivity contribution in [1.82, 2.24) is 4.90 Å². The van der Waals surface area contributed by atoms with Crippen LogP contribution in [0.3, 0.4) is 0 Å². The Hall–Kier alpha value is -1.59. The predicted octanol–water partition coefficient (Wildman–Crippen LogP) is 2.85. The van der Waals surface area contributed by atoms with Crippen molar-refractivity contribution in [2.24, 2.45) is 5.92 Å². The maximum atomic E-state index is 12.3. The van der Waals surface area contributed by atoms with E-state index in [1.165, 1.54) is 0 Å². The Labute approximate surface area is 132 Å². The first kappa shape index (κ1) is 16.8. The first-order chi connectivity index (χ1) is 10.6. The third-order valence-electron chi connectivity index (χ3n) is 4.11. The molecule has 1 saturated heterocycles. The number of ether oxygens (including phenoxy) is 1. The highest BCUT2D eigenvalue weighted by Crippen LogP contribution is 2.20. The Morgan fingerprint density at radius 1 is 1.45 bits per heavy atom. The van der Waals surface area contributed by atoms with Gasteiger partial charge in [0.15, 0.2) is 0 Å². The van der Waals surface area contributed by atoms with E-state index in [-0.39, 0.29) is 18.1 Å². The van der Waals surface area contributed by atoms with E-state index in [2.05, 4.69) is 5.32 Å². The van der Waals surface area contributed by atoms with Crippen LogP contribution in [0.1, 0.15) is 32.3 Å². The summed E-state index contributed by atoms with van der Waals surface area (Å²) in [6.07, 6.45) is 1.55. The zero-order valence-electron chi connectivity index (χ0n) is 13.4. The van der Waals surface area contributed by atoms with E-state index < -0.39 is 0 Å². The molecule has 1 aliphatic heterocycles. The van der Waals surface area contributed by atoms with E-state index in [9.17, 15) is 9.90 Å². The summed E-state index contributed by atoms with van der Waals surface area (Å²) in [6, 6.07) is 7.60. The number of urea groups is 1. The molecule has 1 aliphatic rings. The second-order valence-corrected chi connectivity index (χ2v) is 5.85. The normalized spacial score (nSPS) is 19.8. The summed E-state index contributed by atoms with van der Waals surface area (Å²) < 4.78 is 5.35. The predicted molar refractivity (Wildman–Crippen MR) is 86.8 cm³/mol. The minimum absolute atomic E-state index is 0.0945. The summed E-state index contributed by atoms with van der Waals surface area (Å²) in [5.74, 6) is 0.174. The van der Waals surface area contributed by atoms with Gasteiger partial charge in [0.1, 0.15) is 0 Å². The van der Waals surface area contributed by atoms with Crippen LogP contribution in [-0.4, -0.2) is 41.8 Å². The maximum Gasteiger partial charge on any atom is 0.321 e. The second-order valence-electron chi connectivity index (χ2n) is 5.85. The Morgan fingerprint density at radius 2 is 2.18 bits per heavy atom. The SMILES string of the molecule is CCOCc1ccc(NC(=O)N2CCCC(C(C)O)C2)cc1. The van der Waals surface area contributed by atoms with Crippen molar-refractivity contribution in [1.29, 1.82) is 0 Å². The molecule has 2 atom stereocenters. The van der Waals surface area contributed by atoms with Crippen LogP contribution in [0.2, 0.25) is 0 Å². The largest absolute Gasteiger partial charge is 0.393 e. The van der Waals surface area contributed by atoms with Crippen LogP contribution in [0.25, 0.3) is 0 Å². The number of aliphatic hydroxyl groups is 1. The van der Waals surface area contributed by atoms with Crippen LogP contribution in [-0.2, 0) is 11.3 Å². The molecule has 1 aromatic rings. The Balaban J connectivity index is 1.88. The molecule has 1 heterocycles. The van der Waals surface area contributed by atoms with Gasteiger partial charge in [-0.25, -0.2) is 4.79 Å². The molecule has 22 heavy (non-hydrogen) atoms. The van der Waals surface area contributed by atoms with Crippen molar-refractivity contribution in [3.8, 4) is 0 Å². The fourth-order valence-electron chi connectivity index (χ4n) is 2.69. The number of aliphatic hydroxyl groups excluding tert-OH is 1. The van der Waals surface area contributed by atoms with Gasteiger partial charge in [0.05, 0.1) is 12.7 Å². The van der Waals surface area contributed by atoms with E-state index in [4.69, 9.17) is 4.74 Å². The number of benzene rings is 1. The molecular weight excluding hydrogens is 280 g/mol. The molecule has 0 radical (unpaired) electrons. The van der Waals surface area contributed by atoms with Gasteiger partial charge in [0.25, 0.3) is 0 Å². The van der Waals surface area contributed by atoms with Gasteiger partial charge < -0.3 is 20.1 Å². The summed E-state index contributed by atoms with van der Waals surface area (Å²) in [5.41, 5.74) is 1.87. The molecule has 5 nitrogen and oxygen atoms in total. The summed E-state index contributed by atoms with van der Waals surface area (Å²) in [4.78, 5) is 14.1. The molecule has 122 valence electrons. The molecule has 0 aromatic heterocycles. The van der Waals surface area contributed by atoms with E-state index >= 15 is 0 Å².